The Hall–Kier alpha value is -3.96. The highest BCUT2D eigenvalue weighted by Gasteiger charge is 2.54. The van der Waals surface area contributed by atoms with E-state index in [2.05, 4.69) is 39.4 Å². The molecule has 1 spiro atoms. The molecule has 1 amide bonds. The Morgan fingerprint density at radius 1 is 1.31 bits per heavy atom. The lowest BCUT2D eigenvalue weighted by Gasteiger charge is -2.58. The Bertz CT molecular complexity index is 1590. The van der Waals surface area contributed by atoms with Gasteiger partial charge < -0.3 is 4.90 Å². The molecule has 8 nitrogen and oxygen atoms in total. The zero-order valence-electron chi connectivity index (χ0n) is 20.0. The molecule has 36 heavy (non-hydrogen) atoms. The Balaban J connectivity index is 1.47. The lowest BCUT2D eigenvalue weighted by Crippen LogP contribution is -2.63. The smallest absolute Gasteiger partial charge is 0.245 e. The number of nitriles is 1. The number of halogens is 1. The van der Waals surface area contributed by atoms with Crippen LogP contribution in [-0.4, -0.2) is 48.9 Å². The number of aromatic amines is 1. The number of likely N-dealkylation sites (tertiary alicyclic amines) is 1. The number of hydrogen-bond donors (Lipinski definition) is 1. The molecule has 1 N–H and O–H groups in total. The Morgan fingerprint density at radius 3 is 2.81 bits per heavy atom. The van der Waals surface area contributed by atoms with Crippen molar-refractivity contribution in [2.75, 3.05) is 13.1 Å². The molecule has 0 radical (unpaired) electrons. The van der Waals surface area contributed by atoms with Crippen molar-refractivity contribution in [3.8, 4) is 28.5 Å². The number of aryl methyl sites for hydroxylation is 1. The lowest BCUT2D eigenvalue weighted by atomic mass is 9.60. The first-order valence-corrected chi connectivity index (χ1v) is 12.2. The third-order valence-corrected chi connectivity index (χ3v) is 8.12. The third kappa shape index (κ3) is 3.27. The van der Waals surface area contributed by atoms with Gasteiger partial charge in [-0.15, -0.1) is 0 Å². The second-order valence-electron chi connectivity index (χ2n) is 9.97. The molecular weight excluding hydrogens is 474 g/mol. The van der Waals surface area contributed by atoms with Crippen molar-refractivity contribution >= 4 is 28.4 Å². The molecule has 9 heteroatoms. The van der Waals surface area contributed by atoms with Crippen molar-refractivity contribution in [2.45, 2.75) is 32.7 Å². The minimum Gasteiger partial charge on any atom is -0.338 e. The number of fused-ring (bicyclic) bond motifs is 1. The minimum atomic E-state index is -0.00637. The molecule has 1 saturated carbocycles. The summed E-state index contributed by atoms with van der Waals surface area (Å²) in [5, 5.41) is 23.5. The van der Waals surface area contributed by atoms with Crippen molar-refractivity contribution in [3.63, 3.8) is 0 Å². The van der Waals surface area contributed by atoms with Crippen LogP contribution in [0.2, 0.25) is 5.02 Å². The molecule has 2 fully saturated rings. The molecule has 1 aliphatic carbocycles. The van der Waals surface area contributed by atoms with E-state index in [1.165, 1.54) is 6.08 Å². The quantitative estimate of drug-likeness (QED) is 0.400. The summed E-state index contributed by atoms with van der Waals surface area (Å²) in [5.74, 6) is -0.00637. The SMILES string of the molecule is C=CC(=O)N1CC2(CC(n3nc(-c4ccnc(C#N)c4)c(-c4c(Cl)c(C)cc5[nH]ncc45)c3C)C2)C1. The van der Waals surface area contributed by atoms with Gasteiger partial charge in [-0.3, -0.25) is 14.6 Å². The van der Waals surface area contributed by atoms with Gasteiger partial charge in [0.05, 0.1) is 22.8 Å². The molecule has 0 atom stereocenters. The summed E-state index contributed by atoms with van der Waals surface area (Å²) in [6.07, 6.45) is 6.72. The van der Waals surface area contributed by atoms with E-state index < -0.39 is 0 Å². The summed E-state index contributed by atoms with van der Waals surface area (Å²) in [7, 11) is 0. The van der Waals surface area contributed by atoms with Crippen LogP contribution in [0.1, 0.15) is 35.8 Å². The third-order valence-electron chi connectivity index (χ3n) is 7.63. The summed E-state index contributed by atoms with van der Waals surface area (Å²) in [4.78, 5) is 17.9. The molecule has 3 aromatic heterocycles. The zero-order chi connectivity index (χ0) is 25.2. The summed E-state index contributed by atoms with van der Waals surface area (Å²) < 4.78 is 2.10. The van der Waals surface area contributed by atoms with Crippen LogP contribution >= 0.6 is 11.6 Å². The standard InChI is InChI=1S/C27H24ClN7O/c1-4-22(36)34-13-27(14-34)9-19(10-27)35-16(3)23(26(33-35)17-5-6-30-18(8-17)11-29)24-20-12-31-32-21(20)7-15(2)25(24)28/h4-8,12,19H,1,9-10,13-14H2,2-3H3,(H,31,32). The molecule has 1 aromatic carbocycles. The number of nitrogens with zero attached hydrogens (tertiary/aromatic N) is 6. The van der Waals surface area contributed by atoms with Gasteiger partial charge in [0, 0.05) is 52.5 Å². The summed E-state index contributed by atoms with van der Waals surface area (Å²) in [6, 6.07) is 7.98. The van der Waals surface area contributed by atoms with Gasteiger partial charge in [0.2, 0.25) is 5.91 Å². The van der Waals surface area contributed by atoms with E-state index in [0.29, 0.717) is 10.7 Å². The fourth-order valence-electron chi connectivity index (χ4n) is 5.88. The van der Waals surface area contributed by atoms with Crippen molar-refractivity contribution in [3.05, 3.63) is 65.2 Å². The maximum atomic E-state index is 11.9. The number of nitrogens with one attached hydrogen (secondary N) is 1. The zero-order valence-corrected chi connectivity index (χ0v) is 20.8. The fourth-order valence-corrected chi connectivity index (χ4v) is 6.13. The van der Waals surface area contributed by atoms with Crippen LogP contribution in [0.25, 0.3) is 33.3 Å². The number of pyridine rings is 1. The Kier molecular flexibility index (Phi) is 5.02. The van der Waals surface area contributed by atoms with Crippen molar-refractivity contribution in [1.82, 2.24) is 29.9 Å². The maximum Gasteiger partial charge on any atom is 0.245 e. The first kappa shape index (κ1) is 22.5. The molecule has 180 valence electrons. The normalized spacial score (nSPS) is 16.6. The van der Waals surface area contributed by atoms with E-state index >= 15 is 0 Å². The molecule has 6 rings (SSSR count). The molecule has 4 heterocycles. The second kappa shape index (κ2) is 8.04. The van der Waals surface area contributed by atoms with Gasteiger partial charge in [0.25, 0.3) is 0 Å². The summed E-state index contributed by atoms with van der Waals surface area (Å²) in [6.45, 7) is 9.18. The number of rotatable bonds is 4. The highest BCUT2D eigenvalue weighted by molar-refractivity contribution is 6.36. The highest BCUT2D eigenvalue weighted by atomic mass is 35.5. The van der Waals surface area contributed by atoms with E-state index in [-0.39, 0.29) is 17.4 Å². The predicted molar refractivity (Wildman–Crippen MR) is 137 cm³/mol. The van der Waals surface area contributed by atoms with Crippen LogP contribution in [0.4, 0.5) is 0 Å². The van der Waals surface area contributed by atoms with Crippen LogP contribution in [0.15, 0.2) is 43.2 Å². The first-order chi connectivity index (χ1) is 17.3. The van der Waals surface area contributed by atoms with Gasteiger partial charge in [0.15, 0.2) is 0 Å². The summed E-state index contributed by atoms with van der Waals surface area (Å²) >= 11 is 6.94. The molecular formula is C27H24ClN7O. The average molecular weight is 498 g/mol. The molecule has 1 saturated heterocycles. The molecule has 0 bridgehead atoms. The van der Waals surface area contributed by atoms with Gasteiger partial charge >= 0.3 is 0 Å². The van der Waals surface area contributed by atoms with Crippen LogP contribution < -0.4 is 0 Å². The van der Waals surface area contributed by atoms with Crippen LogP contribution in [0.3, 0.4) is 0 Å². The van der Waals surface area contributed by atoms with Gasteiger partial charge in [-0.1, -0.05) is 18.2 Å². The second-order valence-corrected chi connectivity index (χ2v) is 10.3. The number of H-pyrrole nitrogens is 1. The monoisotopic (exact) mass is 497 g/mol. The van der Waals surface area contributed by atoms with Crippen molar-refractivity contribution < 1.29 is 4.79 Å². The number of hydrogen-bond acceptors (Lipinski definition) is 5. The molecule has 2 aliphatic rings. The van der Waals surface area contributed by atoms with Crippen molar-refractivity contribution in [2.24, 2.45) is 5.41 Å². The average Bonchev–Trinajstić information content (AvgIpc) is 3.42. The number of amides is 1. The van der Waals surface area contributed by atoms with Gasteiger partial charge in [-0.05, 0) is 56.5 Å². The van der Waals surface area contributed by atoms with Crippen LogP contribution in [-0.2, 0) is 4.79 Å². The van der Waals surface area contributed by atoms with E-state index in [9.17, 15) is 10.1 Å². The number of carbonyl (C=O) groups is 1. The van der Waals surface area contributed by atoms with E-state index in [4.69, 9.17) is 16.7 Å². The Morgan fingerprint density at radius 2 is 2.08 bits per heavy atom. The lowest BCUT2D eigenvalue weighted by molar-refractivity contribution is -0.149. The maximum absolute atomic E-state index is 11.9. The number of carbonyl (C=O) groups excluding carboxylic acids is 1. The number of benzene rings is 1. The molecule has 0 unspecified atom stereocenters. The topological polar surface area (TPSA) is 103 Å². The Labute approximate surface area is 213 Å². The first-order valence-electron chi connectivity index (χ1n) is 11.8. The molecule has 1 aliphatic heterocycles. The summed E-state index contributed by atoms with van der Waals surface area (Å²) in [5.41, 5.74) is 6.74. The molecule has 4 aromatic rings. The van der Waals surface area contributed by atoms with Gasteiger partial charge in [0.1, 0.15) is 17.5 Å². The largest absolute Gasteiger partial charge is 0.338 e. The highest BCUT2D eigenvalue weighted by Crippen LogP contribution is 2.55. The van der Waals surface area contributed by atoms with E-state index in [1.54, 1.807) is 18.5 Å². The van der Waals surface area contributed by atoms with E-state index in [1.807, 2.05) is 24.0 Å². The van der Waals surface area contributed by atoms with Gasteiger partial charge in [-0.25, -0.2) is 4.98 Å². The minimum absolute atomic E-state index is 0.00637. The van der Waals surface area contributed by atoms with E-state index in [0.717, 1.165) is 70.5 Å². The van der Waals surface area contributed by atoms with Crippen LogP contribution in [0, 0.1) is 30.6 Å². The van der Waals surface area contributed by atoms with Crippen LogP contribution in [0.5, 0.6) is 0 Å². The van der Waals surface area contributed by atoms with Gasteiger partial charge in [-0.2, -0.15) is 15.5 Å². The number of aromatic nitrogens is 5. The fraction of sp³-hybridized carbons (Fsp3) is 0.296. The predicted octanol–water partition coefficient (Wildman–Crippen LogP) is 4.98. The van der Waals surface area contributed by atoms with Crippen molar-refractivity contribution in [1.29, 1.82) is 5.26 Å².